The normalized spacial score (nSPS) is 18.1. The molecule has 1 aliphatic rings. The summed E-state index contributed by atoms with van der Waals surface area (Å²) >= 11 is 1.60. The second-order valence-electron chi connectivity index (χ2n) is 4.50. The van der Waals surface area contributed by atoms with Gasteiger partial charge in [0.1, 0.15) is 6.04 Å². The Morgan fingerprint density at radius 1 is 1.47 bits per heavy atom. The van der Waals surface area contributed by atoms with E-state index in [9.17, 15) is 14.4 Å². The average molecular weight is 281 g/mol. The lowest BCUT2D eigenvalue weighted by Gasteiger charge is -2.18. The van der Waals surface area contributed by atoms with Gasteiger partial charge in [0.2, 0.25) is 5.91 Å². The lowest BCUT2D eigenvalue weighted by molar-refractivity contribution is -0.133. The van der Waals surface area contributed by atoms with Crippen molar-refractivity contribution in [1.82, 2.24) is 15.5 Å². The van der Waals surface area contributed by atoms with E-state index in [1.54, 1.807) is 23.3 Å². The molecule has 1 aromatic rings. The van der Waals surface area contributed by atoms with Gasteiger partial charge in [-0.3, -0.25) is 14.9 Å². The minimum absolute atomic E-state index is 0.0154. The zero-order valence-corrected chi connectivity index (χ0v) is 11.5. The molecule has 102 valence electrons. The zero-order valence-electron chi connectivity index (χ0n) is 10.7. The van der Waals surface area contributed by atoms with Crippen LogP contribution in [0, 0.1) is 6.92 Å². The SMILES string of the molecule is Cc1ccsc1CN(C)C(=O)C[C@H]1NC(=O)NC1=O. The number of imide groups is 1. The van der Waals surface area contributed by atoms with Crippen molar-refractivity contribution < 1.29 is 14.4 Å². The summed E-state index contributed by atoms with van der Waals surface area (Å²) in [4.78, 5) is 37.0. The van der Waals surface area contributed by atoms with Crippen molar-refractivity contribution in [3.63, 3.8) is 0 Å². The van der Waals surface area contributed by atoms with Gasteiger partial charge in [-0.15, -0.1) is 11.3 Å². The summed E-state index contributed by atoms with van der Waals surface area (Å²) in [6, 6.07) is 0.703. The number of amides is 4. The smallest absolute Gasteiger partial charge is 0.322 e. The van der Waals surface area contributed by atoms with E-state index in [2.05, 4.69) is 10.6 Å². The van der Waals surface area contributed by atoms with E-state index in [1.165, 1.54) is 0 Å². The predicted octanol–water partition coefficient (Wildman–Crippen LogP) is 0.613. The van der Waals surface area contributed by atoms with Crippen molar-refractivity contribution in [1.29, 1.82) is 0 Å². The van der Waals surface area contributed by atoms with E-state index in [-0.39, 0.29) is 12.3 Å². The molecule has 0 aliphatic carbocycles. The molecule has 2 rings (SSSR count). The molecular formula is C12H15N3O3S. The molecule has 1 saturated heterocycles. The number of hydrogen-bond donors (Lipinski definition) is 2. The van der Waals surface area contributed by atoms with Gasteiger partial charge in [-0.2, -0.15) is 0 Å². The van der Waals surface area contributed by atoms with E-state index in [0.717, 1.165) is 10.4 Å². The third kappa shape index (κ3) is 3.11. The van der Waals surface area contributed by atoms with Crippen LogP contribution in [0.5, 0.6) is 0 Å². The van der Waals surface area contributed by atoms with E-state index >= 15 is 0 Å². The first kappa shape index (κ1) is 13.5. The second kappa shape index (κ2) is 5.40. The Hall–Kier alpha value is -1.89. The van der Waals surface area contributed by atoms with E-state index < -0.39 is 18.0 Å². The molecule has 2 heterocycles. The molecule has 7 heteroatoms. The first-order chi connectivity index (χ1) is 8.97. The first-order valence-corrected chi connectivity index (χ1v) is 6.73. The molecule has 0 saturated carbocycles. The van der Waals surface area contributed by atoms with Crippen LogP contribution in [-0.4, -0.2) is 35.8 Å². The Kier molecular flexibility index (Phi) is 3.84. The number of thiophene rings is 1. The molecule has 0 bridgehead atoms. The molecule has 1 aromatic heterocycles. The van der Waals surface area contributed by atoms with Crippen molar-refractivity contribution in [3.8, 4) is 0 Å². The molecule has 6 nitrogen and oxygen atoms in total. The molecule has 1 fully saturated rings. The Bertz CT molecular complexity index is 526. The fourth-order valence-corrected chi connectivity index (χ4v) is 2.76. The lowest BCUT2D eigenvalue weighted by atomic mass is 10.2. The van der Waals surface area contributed by atoms with Gasteiger partial charge in [-0.1, -0.05) is 0 Å². The number of carbonyl (C=O) groups is 3. The summed E-state index contributed by atoms with van der Waals surface area (Å²) < 4.78 is 0. The molecule has 2 N–H and O–H groups in total. The fraction of sp³-hybridized carbons (Fsp3) is 0.417. The van der Waals surface area contributed by atoms with Gasteiger partial charge >= 0.3 is 6.03 Å². The molecule has 1 aliphatic heterocycles. The number of hydrogen-bond acceptors (Lipinski definition) is 4. The van der Waals surface area contributed by atoms with Crippen LogP contribution >= 0.6 is 11.3 Å². The summed E-state index contributed by atoms with van der Waals surface area (Å²) in [5.41, 5.74) is 1.15. The molecule has 0 unspecified atom stereocenters. The minimum atomic E-state index is -0.758. The molecule has 0 spiro atoms. The van der Waals surface area contributed by atoms with Gasteiger partial charge in [0.25, 0.3) is 5.91 Å². The molecule has 0 aromatic carbocycles. The Balaban J connectivity index is 1.91. The second-order valence-corrected chi connectivity index (χ2v) is 5.50. The maximum atomic E-state index is 12.0. The summed E-state index contributed by atoms with van der Waals surface area (Å²) in [7, 11) is 1.69. The van der Waals surface area contributed by atoms with Crippen molar-refractivity contribution >= 4 is 29.2 Å². The third-order valence-corrected chi connectivity index (χ3v) is 4.02. The van der Waals surface area contributed by atoms with Gasteiger partial charge in [0.05, 0.1) is 13.0 Å². The number of urea groups is 1. The highest BCUT2D eigenvalue weighted by atomic mass is 32.1. The zero-order chi connectivity index (χ0) is 14.0. The van der Waals surface area contributed by atoms with Crippen LogP contribution < -0.4 is 10.6 Å². The Morgan fingerprint density at radius 2 is 2.21 bits per heavy atom. The maximum Gasteiger partial charge on any atom is 0.322 e. The number of rotatable bonds is 4. The number of aryl methyl sites for hydroxylation is 1. The average Bonchev–Trinajstić information content (AvgIpc) is 2.86. The standard InChI is InChI=1S/C12H15N3O3S/c1-7-3-4-19-9(7)6-15(2)10(16)5-8-11(17)14-12(18)13-8/h3-4,8H,5-6H2,1-2H3,(H2,13,14,17,18)/t8-/m1/s1. The monoisotopic (exact) mass is 281 g/mol. The van der Waals surface area contributed by atoms with E-state index in [0.29, 0.717) is 6.54 Å². The molecular weight excluding hydrogens is 266 g/mol. The van der Waals surface area contributed by atoms with Gasteiger partial charge in [0.15, 0.2) is 0 Å². The molecule has 19 heavy (non-hydrogen) atoms. The van der Waals surface area contributed by atoms with Crippen LogP contribution in [0.1, 0.15) is 16.9 Å². The van der Waals surface area contributed by atoms with Crippen LogP contribution in [0.15, 0.2) is 11.4 Å². The van der Waals surface area contributed by atoms with Gasteiger partial charge in [-0.25, -0.2) is 4.79 Å². The van der Waals surface area contributed by atoms with Crippen molar-refractivity contribution in [2.75, 3.05) is 7.05 Å². The van der Waals surface area contributed by atoms with Crippen LogP contribution in [0.2, 0.25) is 0 Å². The number of nitrogens with one attached hydrogen (secondary N) is 2. The van der Waals surface area contributed by atoms with Crippen molar-refractivity contribution in [2.24, 2.45) is 0 Å². The first-order valence-electron chi connectivity index (χ1n) is 5.85. The number of carbonyl (C=O) groups excluding carboxylic acids is 3. The number of nitrogens with zero attached hydrogens (tertiary/aromatic N) is 1. The highest BCUT2D eigenvalue weighted by Crippen LogP contribution is 2.17. The lowest BCUT2D eigenvalue weighted by Crippen LogP contribution is -2.36. The molecule has 1 atom stereocenters. The van der Waals surface area contributed by atoms with Crippen LogP contribution in [0.4, 0.5) is 4.79 Å². The van der Waals surface area contributed by atoms with Crippen LogP contribution in [0.25, 0.3) is 0 Å². The van der Waals surface area contributed by atoms with E-state index in [4.69, 9.17) is 0 Å². The fourth-order valence-electron chi connectivity index (χ4n) is 1.80. The largest absolute Gasteiger partial charge is 0.341 e. The summed E-state index contributed by atoms with van der Waals surface area (Å²) in [6.45, 7) is 2.51. The van der Waals surface area contributed by atoms with Gasteiger partial charge < -0.3 is 10.2 Å². The van der Waals surface area contributed by atoms with Crippen molar-refractivity contribution in [2.45, 2.75) is 25.9 Å². The highest BCUT2D eigenvalue weighted by molar-refractivity contribution is 7.10. The van der Waals surface area contributed by atoms with Gasteiger partial charge in [0, 0.05) is 11.9 Å². The minimum Gasteiger partial charge on any atom is -0.341 e. The van der Waals surface area contributed by atoms with Crippen molar-refractivity contribution in [3.05, 3.63) is 21.9 Å². The van der Waals surface area contributed by atoms with Crippen LogP contribution in [-0.2, 0) is 16.1 Å². The summed E-state index contributed by atoms with van der Waals surface area (Å²) in [5, 5.41) is 6.50. The topological polar surface area (TPSA) is 78.5 Å². The Labute approximate surface area is 114 Å². The molecule has 0 radical (unpaired) electrons. The predicted molar refractivity (Wildman–Crippen MR) is 70.6 cm³/mol. The highest BCUT2D eigenvalue weighted by Gasteiger charge is 2.32. The van der Waals surface area contributed by atoms with Crippen LogP contribution in [0.3, 0.4) is 0 Å². The van der Waals surface area contributed by atoms with Gasteiger partial charge in [-0.05, 0) is 23.9 Å². The van der Waals surface area contributed by atoms with E-state index in [1.807, 2.05) is 18.4 Å². The maximum absolute atomic E-state index is 12.0. The quantitative estimate of drug-likeness (QED) is 0.794. The summed E-state index contributed by atoms with van der Waals surface area (Å²) in [6.07, 6.45) is -0.0154. The third-order valence-electron chi connectivity index (χ3n) is 3.01. The Morgan fingerprint density at radius 3 is 2.74 bits per heavy atom. The summed E-state index contributed by atoms with van der Waals surface area (Å²) in [5.74, 6) is -0.616. The molecule has 4 amide bonds.